The molecule has 1 amide bonds. The zero-order valence-electron chi connectivity index (χ0n) is 15.2. The molecule has 0 spiro atoms. The Balaban J connectivity index is 1.86. The van der Waals surface area contributed by atoms with Gasteiger partial charge in [-0.05, 0) is 52.2 Å². The number of rotatable bonds is 3. The average molecular weight is 364 g/mol. The highest BCUT2D eigenvalue weighted by Crippen LogP contribution is 2.25. The van der Waals surface area contributed by atoms with Gasteiger partial charge in [-0.3, -0.25) is 0 Å². The third kappa shape index (κ3) is 4.09. The van der Waals surface area contributed by atoms with Crippen LogP contribution in [0.1, 0.15) is 45.9 Å². The minimum absolute atomic E-state index is 0.100. The van der Waals surface area contributed by atoms with E-state index in [2.05, 4.69) is 15.6 Å². The van der Waals surface area contributed by atoms with Gasteiger partial charge in [0.15, 0.2) is 0 Å². The maximum atomic E-state index is 12.6. The Morgan fingerprint density at radius 3 is 2.80 bits per heavy atom. The summed E-state index contributed by atoms with van der Waals surface area (Å²) in [6.07, 6.45) is 2.87. The van der Waals surface area contributed by atoms with Gasteiger partial charge in [-0.25, -0.2) is 9.78 Å². The SMILES string of the molecule is CC(C)(C)OC(=O)N1CCCC[C@@H]1Cn1c(CCl)nc2ccccc21. The highest BCUT2D eigenvalue weighted by Gasteiger charge is 2.31. The molecule has 0 aliphatic carbocycles. The van der Waals surface area contributed by atoms with E-state index in [-0.39, 0.29) is 12.1 Å². The van der Waals surface area contributed by atoms with Gasteiger partial charge in [0.2, 0.25) is 0 Å². The van der Waals surface area contributed by atoms with E-state index in [1.165, 1.54) is 0 Å². The van der Waals surface area contributed by atoms with Crippen molar-refractivity contribution in [3.63, 3.8) is 0 Å². The van der Waals surface area contributed by atoms with Crippen molar-refractivity contribution in [1.29, 1.82) is 0 Å². The zero-order valence-corrected chi connectivity index (χ0v) is 15.9. The van der Waals surface area contributed by atoms with E-state index in [9.17, 15) is 4.79 Å². The molecular weight excluding hydrogens is 338 g/mol. The lowest BCUT2D eigenvalue weighted by molar-refractivity contribution is 0.00785. The maximum absolute atomic E-state index is 12.6. The molecule has 5 nitrogen and oxygen atoms in total. The molecule has 1 aliphatic heterocycles. The molecule has 1 aliphatic rings. The zero-order chi connectivity index (χ0) is 18.0. The average Bonchev–Trinajstić information content (AvgIpc) is 2.92. The lowest BCUT2D eigenvalue weighted by atomic mass is 10.0. The van der Waals surface area contributed by atoms with Gasteiger partial charge in [0.05, 0.1) is 23.0 Å². The predicted octanol–water partition coefficient (Wildman–Crippen LogP) is 4.56. The summed E-state index contributed by atoms with van der Waals surface area (Å²) in [5.41, 5.74) is 1.52. The smallest absolute Gasteiger partial charge is 0.410 e. The number of fused-ring (bicyclic) bond motifs is 1. The molecule has 0 radical (unpaired) electrons. The Hall–Kier alpha value is -1.75. The number of benzene rings is 1. The Morgan fingerprint density at radius 1 is 1.32 bits per heavy atom. The van der Waals surface area contributed by atoms with Gasteiger partial charge in [0.25, 0.3) is 0 Å². The van der Waals surface area contributed by atoms with E-state index in [1.54, 1.807) is 0 Å². The van der Waals surface area contributed by atoms with Crippen LogP contribution in [-0.2, 0) is 17.2 Å². The normalized spacial score (nSPS) is 18.6. The minimum atomic E-state index is -0.484. The fourth-order valence-corrected chi connectivity index (χ4v) is 3.60. The molecule has 1 aromatic heterocycles. The molecule has 2 heterocycles. The summed E-state index contributed by atoms with van der Waals surface area (Å²) in [6, 6.07) is 8.13. The van der Waals surface area contributed by atoms with E-state index in [4.69, 9.17) is 16.3 Å². The Labute approximate surface area is 153 Å². The monoisotopic (exact) mass is 363 g/mol. The number of likely N-dealkylation sites (tertiary alicyclic amines) is 1. The van der Waals surface area contributed by atoms with Crippen molar-refractivity contribution < 1.29 is 9.53 Å². The van der Waals surface area contributed by atoms with E-state index in [1.807, 2.05) is 43.9 Å². The van der Waals surface area contributed by atoms with E-state index in [0.717, 1.165) is 42.7 Å². The molecule has 2 aromatic rings. The summed E-state index contributed by atoms with van der Waals surface area (Å²) < 4.78 is 7.76. The van der Waals surface area contributed by atoms with Crippen molar-refractivity contribution in [2.75, 3.05) is 6.54 Å². The number of amides is 1. The number of carbonyl (C=O) groups is 1. The summed E-state index contributed by atoms with van der Waals surface area (Å²) in [4.78, 5) is 19.1. The third-order valence-corrected chi connectivity index (χ3v) is 4.74. The van der Waals surface area contributed by atoms with Crippen LogP contribution in [0.4, 0.5) is 4.79 Å². The first-order chi connectivity index (χ1) is 11.9. The first-order valence-corrected chi connectivity index (χ1v) is 9.42. The van der Waals surface area contributed by atoms with Crippen molar-refractivity contribution >= 4 is 28.7 Å². The number of hydrogen-bond donors (Lipinski definition) is 0. The fraction of sp³-hybridized carbons (Fsp3) is 0.579. The molecule has 3 rings (SSSR count). The van der Waals surface area contributed by atoms with Crippen LogP contribution in [-0.4, -0.2) is 38.7 Å². The van der Waals surface area contributed by atoms with Crippen LogP contribution in [0.15, 0.2) is 24.3 Å². The fourth-order valence-electron chi connectivity index (χ4n) is 3.39. The Kier molecular flexibility index (Phi) is 5.23. The number of carbonyl (C=O) groups excluding carboxylic acids is 1. The number of aromatic nitrogens is 2. The summed E-state index contributed by atoms with van der Waals surface area (Å²) in [7, 11) is 0. The van der Waals surface area contributed by atoms with Crippen LogP contribution >= 0.6 is 11.6 Å². The lowest BCUT2D eigenvalue weighted by Crippen LogP contribution is -2.48. The van der Waals surface area contributed by atoms with Crippen molar-refractivity contribution in [3.8, 4) is 0 Å². The van der Waals surface area contributed by atoms with Crippen LogP contribution in [0, 0.1) is 0 Å². The Morgan fingerprint density at radius 2 is 2.08 bits per heavy atom. The van der Waals surface area contributed by atoms with Crippen molar-refractivity contribution in [2.45, 2.75) is 64.1 Å². The highest BCUT2D eigenvalue weighted by atomic mass is 35.5. The largest absolute Gasteiger partial charge is 0.444 e. The van der Waals surface area contributed by atoms with Gasteiger partial charge in [-0.2, -0.15) is 0 Å². The van der Waals surface area contributed by atoms with Crippen LogP contribution < -0.4 is 0 Å². The number of halogens is 1. The number of alkyl halides is 1. The van der Waals surface area contributed by atoms with E-state index < -0.39 is 5.60 Å². The van der Waals surface area contributed by atoms with Crippen LogP contribution in [0.5, 0.6) is 0 Å². The van der Waals surface area contributed by atoms with Gasteiger partial charge in [0, 0.05) is 13.1 Å². The number of nitrogens with zero attached hydrogens (tertiary/aromatic N) is 3. The first kappa shape index (κ1) is 18.1. The van der Waals surface area contributed by atoms with Gasteiger partial charge in [-0.15, -0.1) is 11.6 Å². The number of ether oxygens (including phenoxy) is 1. The topological polar surface area (TPSA) is 47.4 Å². The minimum Gasteiger partial charge on any atom is -0.444 e. The lowest BCUT2D eigenvalue weighted by Gasteiger charge is -2.37. The molecule has 0 N–H and O–H groups in total. The molecular formula is C19H26ClN3O2. The predicted molar refractivity (Wildman–Crippen MR) is 99.9 cm³/mol. The summed E-state index contributed by atoms with van der Waals surface area (Å²) in [5.74, 6) is 1.20. The van der Waals surface area contributed by atoms with Crippen LogP contribution in [0.25, 0.3) is 11.0 Å². The molecule has 25 heavy (non-hydrogen) atoms. The summed E-state index contributed by atoms with van der Waals surface area (Å²) in [5, 5.41) is 0. The quantitative estimate of drug-likeness (QED) is 0.751. The molecule has 0 bridgehead atoms. The molecule has 1 aromatic carbocycles. The highest BCUT2D eigenvalue weighted by molar-refractivity contribution is 6.16. The van der Waals surface area contributed by atoms with Gasteiger partial charge in [0.1, 0.15) is 11.4 Å². The molecule has 6 heteroatoms. The summed E-state index contributed by atoms with van der Waals surface area (Å²) in [6.45, 7) is 7.14. The van der Waals surface area contributed by atoms with Crippen LogP contribution in [0.2, 0.25) is 0 Å². The molecule has 0 unspecified atom stereocenters. The molecule has 1 atom stereocenters. The number of piperidine rings is 1. The second-order valence-electron chi connectivity index (χ2n) is 7.58. The van der Waals surface area contributed by atoms with Gasteiger partial charge in [-0.1, -0.05) is 12.1 Å². The van der Waals surface area contributed by atoms with Crippen molar-refractivity contribution in [1.82, 2.24) is 14.5 Å². The molecule has 0 saturated carbocycles. The summed E-state index contributed by atoms with van der Waals surface area (Å²) >= 11 is 6.12. The second kappa shape index (κ2) is 7.24. The van der Waals surface area contributed by atoms with Crippen LogP contribution in [0.3, 0.4) is 0 Å². The van der Waals surface area contributed by atoms with E-state index >= 15 is 0 Å². The number of hydrogen-bond acceptors (Lipinski definition) is 3. The third-order valence-electron chi connectivity index (χ3n) is 4.50. The van der Waals surface area contributed by atoms with Crippen molar-refractivity contribution in [2.24, 2.45) is 0 Å². The number of para-hydroxylation sites is 2. The standard InChI is InChI=1S/C19H26ClN3O2/c1-19(2,3)25-18(24)22-11-7-6-8-14(22)13-23-16-10-5-4-9-15(16)21-17(23)12-20/h4-5,9-10,14H,6-8,11-13H2,1-3H3/t14-/m1/s1. The van der Waals surface area contributed by atoms with Gasteiger partial charge >= 0.3 is 6.09 Å². The number of imidazole rings is 1. The second-order valence-corrected chi connectivity index (χ2v) is 7.85. The first-order valence-electron chi connectivity index (χ1n) is 8.89. The maximum Gasteiger partial charge on any atom is 0.410 e. The molecule has 1 fully saturated rings. The van der Waals surface area contributed by atoms with Crippen molar-refractivity contribution in [3.05, 3.63) is 30.1 Å². The Bertz CT molecular complexity index is 751. The van der Waals surface area contributed by atoms with E-state index in [0.29, 0.717) is 12.4 Å². The molecule has 1 saturated heterocycles. The molecule has 136 valence electrons. The van der Waals surface area contributed by atoms with Gasteiger partial charge < -0.3 is 14.2 Å².